The van der Waals surface area contributed by atoms with Crippen molar-refractivity contribution in [1.29, 1.82) is 5.26 Å². The number of benzene rings is 2. The average molecular weight is 437 g/mol. The predicted octanol–water partition coefficient (Wildman–Crippen LogP) is 5.68. The number of ether oxygens (including phenoxy) is 2. The van der Waals surface area contributed by atoms with E-state index in [1.54, 1.807) is 7.11 Å². The molecule has 0 atom stereocenters. The summed E-state index contributed by atoms with van der Waals surface area (Å²) in [5.74, 6) is 1.52. The Labute approximate surface area is 152 Å². The van der Waals surface area contributed by atoms with Gasteiger partial charge < -0.3 is 9.47 Å². The van der Waals surface area contributed by atoms with Crippen molar-refractivity contribution >= 4 is 43.5 Å². The monoisotopic (exact) mass is 435 g/mol. The minimum Gasteiger partial charge on any atom is -0.497 e. The van der Waals surface area contributed by atoms with Crippen molar-refractivity contribution in [3.8, 4) is 17.6 Å². The molecule has 0 aromatic heterocycles. The molecular formula is C18H15Br2NO2. The second-order valence-electron chi connectivity index (χ2n) is 4.65. The van der Waals surface area contributed by atoms with Gasteiger partial charge in [0.05, 0.1) is 34.3 Å². The molecule has 0 aliphatic carbocycles. The minimum absolute atomic E-state index is 0.579. The number of methoxy groups -OCH3 is 1. The first-order valence-corrected chi connectivity index (χ1v) is 8.55. The fourth-order valence-electron chi connectivity index (χ4n) is 2.06. The molecule has 0 saturated carbocycles. The van der Waals surface area contributed by atoms with Gasteiger partial charge in [0.25, 0.3) is 0 Å². The smallest absolute Gasteiger partial charge is 0.147 e. The molecule has 0 unspecified atom stereocenters. The normalized spacial score (nSPS) is 11.0. The third-order valence-corrected chi connectivity index (χ3v) is 4.32. The van der Waals surface area contributed by atoms with Gasteiger partial charge in [0, 0.05) is 0 Å². The quantitative estimate of drug-likeness (QED) is 0.447. The topological polar surface area (TPSA) is 42.2 Å². The van der Waals surface area contributed by atoms with Crippen LogP contribution in [0.3, 0.4) is 0 Å². The maximum absolute atomic E-state index is 9.45. The number of allylic oxidation sites excluding steroid dienone is 1. The van der Waals surface area contributed by atoms with E-state index in [1.807, 2.05) is 49.4 Å². The number of halogens is 2. The van der Waals surface area contributed by atoms with Gasteiger partial charge in [-0.15, -0.1) is 0 Å². The van der Waals surface area contributed by atoms with E-state index in [2.05, 4.69) is 37.9 Å². The molecule has 2 aromatic rings. The second-order valence-corrected chi connectivity index (χ2v) is 6.35. The van der Waals surface area contributed by atoms with E-state index in [0.717, 1.165) is 31.6 Å². The van der Waals surface area contributed by atoms with Crippen molar-refractivity contribution < 1.29 is 9.47 Å². The summed E-state index contributed by atoms with van der Waals surface area (Å²) in [5.41, 5.74) is 2.32. The zero-order valence-electron chi connectivity index (χ0n) is 12.8. The number of rotatable bonds is 5. The van der Waals surface area contributed by atoms with E-state index < -0.39 is 0 Å². The summed E-state index contributed by atoms with van der Waals surface area (Å²) in [4.78, 5) is 0. The van der Waals surface area contributed by atoms with Gasteiger partial charge in [0.1, 0.15) is 11.5 Å². The van der Waals surface area contributed by atoms with Crippen molar-refractivity contribution in [2.45, 2.75) is 6.92 Å². The fraction of sp³-hybridized carbons (Fsp3) is 0.167. The molecule has 0 spiro atoms. The molecule has 5 heteroatoms. The molecule has 0 fully saturated rings. The zero-order chi connectivity index (χ0) is 16.8. The highest BCUT2D eigenvalue weighted by molar-refractivity contribution is 9.11. The van der Waals surface area contributed by atoms with Gasteiger partial charge in [-0.1, -0.05) is 0 Å². The first kappa shape index (κ1) is 17.6. The molecule has 0 saturated heterocycles. The lowest BCUT2D eigenvalue weighted by molar-refractivity contribution is 0.336. The van der Waals surface area contributed by atoms with Gasteiger partial charge in [-0.3, -0.25) is 0 Å². The maximum atomic E-state index is 9.45. The van der Waals surface area contributed by atoms with Crippen LogP contribution in [0.4, 0.5) is 0 Å². The first-order chi connectivity index (χ1) is 11.1. The highest BCUT2D eigenvalue weighted by Gasteiger charge is 2.09. The third-order valence-electron chi connectivity index (χ3n) is 3.14. The fourth-order valence-corrected chi connectivity index (χ4v) is 3.51. The molecule has 2 rings (SSSR count). The van der Waals surface area contributed by atoms with Gasteiger partial charge >= 0.3 is 0 Å². The van der Waals surface area contributed by atoms with E-state index in [0.29, 0.717) is 12.2 Å². The second kappa shape index (κ2) is 8.19. The van der Waals surface area contributed by atoms with Gasteiger partial charge in [0.2, 0.25) is 0 Å². The summed E-state index contributed by atoms with van der Waals surface area (Å²) < 4.78 is 12.4. The van der Waals surface area contributed by atoms with E-state index in [1.165, 1.54) is 0 Å². The number of nitriles is 1. The zero-order valence-corrected chi connectivity index (χ0v) is 15.9. The maximum Gasteiger partial charge on any atom is 0.147 e. The highest BCUT2D eigenvalue weighted by Crippen LogP contribution is 2.35. The summed E-state index contributed by atoms with van der Waals surface area (Å²) in [6.07, 6.45) is 1.84. The largest absolute Gasteiger partial charge is 0.497 e. The van der Waals surface area contributed by atoms with E-state index in [4.69, 9.17) is 9.47 Å². The molecule has 23 heavy (non-hydrogen) atoms. The molecule has 0 aliphatic heterocycles. The number of hydrogen-bond acceptors (Lipinski definition) is 3. The van der Waals surface area contributed by atoms with Crippen LogP contribution in [0.15, 0.2) is 45.3 Å². The van der Waals surface area contributed by atoms with Crippen LogP contribution >= 0.6 is 31.9 Å². The highest BCUT2D eigenvalue weighted by atomic mass is 79.9. The van der Waals surface area contributed by atoms with Crippen LogP contribution in [0, 0.1) is 11.3 Å². The van der Waals surface area contributed by atoms with Crippen LogP contribution in [0.1, 0.15) is 18.1 Å². The van der Waals surface area contributed by atoms with E-state index >= 15 is 0 Å². The van der Waals surface area contributed by atoms with Crippen LogP contribution in [0.2, 0.25) is 0 Å². The van der Waals surface area contributed by atoms with Crippen LogP contribution in [0.5, 0.6) is 11.5 Å². The molecule has 3 nitrogen and oxygen atoms in total. The van der Waals surface area contributed by atoms with Gasteiger partial charge in [-0.25, -0.2) is 0 Å². The Balaban J connectivity index is 2.39. The van der Waals surface area contributed by atoms with Crippen molar-refractivity contribution in [3.05, 3.63) is 56.5 Å². The predicted molar refractivity (Wildman–Crippen MR) is 99.5 cm³/mol. The number of nitrogens with zero attached hydrogens (tertiary/aromatic N) is 1. The Bertz CT molecular complexity index is 739. The lowest BCUT2D eigenvalue weighted by Gasteiger charge is -2.10. The molecule has 0 radical (unpaired) electrons. The summed E-state index contributed by atoms with van der Waals surface area (Å²) >= 11 is 7.00. The molecule has 118 valence electrons. The van der Waals surface area contributed by atoms with Gasteiger partial charge in [0.15, 0.2) is 0 Å². The Morgan fingerprint density at radius 3 is 2.26 bits per heavy atom. The minimum atomic E-state index is 0.579. The van der Waals surface area contributed by atoms with Crippen LogP contribution in [-0.2, 0) is 0 Å². The molecular weight excluding hydrogens is 422 g/mol. The van der Waals surface area contributed by atoms with Crippen LogP contribution < -0.4 is 9.47 Å². The Morgan fingerprint density at radius 1 is 1.17 bits per heavy atom. The van der Waals surface area contributed by atoms with Crippen molar-refractivity contribution in [2.24, 2.45) is 0 Å². The van der Waals surface area contributed by atoms with Crippen molar-refractivity contribution in [1.82, 2.24) is 0 Å². The molecule has 0 heterocycles. The van der Waals surface area contributed by atoms with Gasteiger partial charge in [-0.05, 0) is 92.4 Å². The number of hydrogen-bond donors (Lipinski definition) is 0. The van der Waals surface area contributed by atoms with E-state index in [9.17, 15) is 5.26 Å². The molecule has 2 aromatic carbocycles. The Hall–Kier alpha value is -1.77. The van der Waals surface area contributed by atoms with Crippen LogP contribution in [-0.4, -0.2) is 13.7 Å². The molecule has 0 N–H and O–H groups in total. The Kier molecular flexibility index (Phi) is 6.26. The third kappa shape index (κ3) is 4.37. The molecule has 0 amide bonds. The lowest BCUT2D eigenvalue weighted by atomic mass is 10.0. The molecule has 0 aliphatic rings. The van der Waals surface area contributed by atoms with Crippen molar-refractivity contribution in [2.75, 3.05) is 13.7 Å². The van der Waals surface area contributed by atoms with Crippen LogP contribution in [0.25, 0.3) is 11.6 Å². The Morgan fingerprint density at radius 2 is 1.78 bits per heavy atom. The summed E-state index contributed by atoms with van der Waals surface area (Å²) in [5, 5.41) is 9.45. The molecule has 0 bridgehead atoms. The van der Waals surface area contributed by atoms with Crippen molar-refractivity contribution in [3.63, 3.8) is 0 Å². The summed E-state index contributed by atoms with van der Waals surface area (Å²) in [6, 6.07) is 13.5. The summed E-state index contributed by atoms with van der Waals surface area (Å²) in [7, 11) is 1.62. The standard InChI is InChI=1S/C18H15Br2NO2/c1-3-23-18-16(19)9-12(10-17(18)20)8-14(11-21)13-4-6-15(22-2)7-5-13/h4-10H,3H2,1-2H3/b14-8+. The van der Waals surface area contributed by atoms with E-state index in [-0.39, 0.29) is 0 Å². The SMILES string of the molecule is CCOc1c(Br)cc(/C=C(\C#N)c2ccc(OC)cc2)cc1Br. The lowest BCUT2D eigenvalue weighted by Crippen LogP contribution is -1.94. The average Bonchev–Trinajstić information content (AvgIpc) is 2.56. The first-order valence-electron chi connectivity index (χ1n) is 6.97. The van der Waals surface area contributed by atoms with Gasteiger partial charge in [-0.2, -0.15) is 5.26 Å². The summed E-state index contributed by atoms with van der Waals surface area (Å²) in [6.45, 7) is 2.52.